The van der Waals surface area contributed by atoms with Gasteiger partial charge in [-0.3, -0.25) is 0 Å². The summed E-state index contributed by atoms with van der Waals surface area (Å²) in [6.45, 7) is 4.89. The van der Waals surface area contributed by atoms with Gasteiger partial charge < -0.3 is 0 Å². The molecule has 1 aliphatic rings. The molecule has 2 heterocycles. The molecule has 0 saturated carbocycles. The van der Waals surface area contributed by atoms with Gasteiger partial charge in [0, 0.05) is 32.1 Å². The number of aromatic nitrogens is 4. The van der Waals surface area contributed by atoms with Crippen molar-refractivity contribution >= 4 is 20.0 Å². The Kier molecular flexibility index (Phi) is 6.12. The molecule has 154 valence electrons. The maximum Gasteiger partial charge on any atom is 0.243 e. The number of rotatable bonds is 7. The predicted molar refractivity (Wildman–Crippen MR) is 101 cm³/mol. The van der Waals surface area contributed by atoms with Crippen LogP contribution < -0.4 is 0 Å². The number of piperidine rings is 1. The van der Waals surface area contributed by atoms with Crippen molar-refractivity contribution in [2.45, 2.75) is 42.4 Å². The highest BCUT2D eigenvalue weighted by Gasteiger charge is 2.33. The zero-order valence-electron chi connectivity index (χ0n) is 15.8. The van der Waals surface area contributed by atoms with E-state index >= 15 is 0 Å². The van der Waals surface area contributed by atoms with Crippen LogP contribution in [0.4, 0.5) is 0 Å². The zero-order chi connectivity index (χ0) is 20.4. The molecule has 12 heteroatoms. The zero-order valence-corrected chi connectivity index (χ0v) is 17.4. The Balaban J connectivity index is 1.82. The Bertz CT molecular complexity index is 986. The van der Waals surface area contributed by atoms with Gasteiger partial charge in [0.05, 0.1) is 9.79 Å². The van der Waals surface area contributed by atoms with Crippen LogP contribution in [0, 0.1) is 0 Å². The molecular weight excluding hydrogens is 404 g/mol. The van der Waals surface area contributed by atoms with Crippen LogP contribution in [-0.2, 0) is 20.0 Å². The van der Waals surface area contributed by atoms with Gasteiger partial charge in [-0.15, -0.1) is 10.2 Å². The molecule has 1 unspecified atom stereocenters. The van der Waals surface area contributed by atoms with Crippen molar-refractivity contribution in [3.05, 3.63) is 30.1 Å². The fourth-order valence-corrected chi connectivity index (χ4v) is 6.34. The van der Waals surface area contributed by atoms with Crippen LogP contribution in [0.5, 0.6) is 0 Å². The van der Waals surface area contributed by atoms with E-state index in [1.165, 1.54) is 32.9 Å². The highest BCUT2D eigenvalue weighted by Crippen LogP contribution is 2.28. The molecule has 10 nitrogen and oxygen atoms in total. The van der Waals surface area contributed by atoms with Gasteiger partial charge in [-0.05, 0) is 37.1 Å². The Labute approximate surface area is 165 Å². The van der Waals surface area contributed by atoms with E-state index in [-0.39, 0.29) is 22.3 Å². The number of hydrogen-bond acceptors (Lipinski definition) is 7. The molecule has 1 aromatic heterocycles. The van der Waals surface area contributed by atoms with Crippen LogP contribution in [0.3, 0.4) is 0 Å². The number of nitrogens with one attached hydrogen (secondary N) is 1. The third-order valence-corrected chi connectivity index (χ3v) is 8.86. The van der Waals surface area contributed by atoms with Crippen LogP contribution >= 0.6 is 0 Å². The summed E-state index contributed by atoms with van der Waals surface area (Å²) in [5.41, 5.74) is 0. The second kappa shape index (κ2) is 8.23. The van der Waals surface area contributed by atoms with Crippen LogP contribution in [0.15, 0.2) is 34.1 Å². The average molecular weight is 429 g/mol. The summed E-state index contributed by atoms with van der Waals surface area (Å²) in [7, 11) is -7.37. The van der Waals surface area contributed by atoms with Gasteiger partial charge in [-0.1, -0.05) is 19.1 Å². The molecule has 1 aromatic carbocycles. The minimum Gasteiger partial charge on any atom is -0.207 e. The summed E-state index contributed by atoms with van der Waals surface area (Å²) in [4.78, 5) is 0.151. The van der Waals surface area contributed by atoms with Crippen LogP contribution in [0.1, 0.15) is 38.4 Å². The van der Waals surface area contributed by atoms with E-state index in [0.717, 1.165) is 6.42 Å². The number of hydrogen-bond donors (Lipinski definition) is 1. The second-order valence-electron chi connectivity index (χ2n) is 6.53. The fraction of sp³-hybridized carbons (Fsp3) is 0.562. The number of benzene rings is 1. The number of sulfonamides is 2. The van der Waals surface area contributed by atoms with Crippen molar-refractivity contribution in [2.75, 3.05) is 26.2 Å². The molecular formula is C16H24N6O4S2. The highest BCUT2D eigenvalue weighted by molar-refractivity contribution is 7.89. The first-order chi connectivity index (χ1) is 13.3. The van der Waals surface area contributed by atoms with Gasteiger partial charge in [0.2, 0.25) is 20.0 Å². The maximum atomic E-state index is 13.0. The Hall–Kier alpha value is -1.89. The molecule has 0 bridgehead atoms. The maximum absolute atomic E-state index is 13.0. The lowest BCUT2D eigenvalue weighted by molar-refractivity contribution is 0.309. The fourth-order valence-electron chi connectivity index (χ4n) is 3.36. The van der Waals surface area contributed by atoms with Gasteiger partial charge in [-0.25, -0.2) is 16.8 Å². The molecule has 2 aromatic rings. The minimum atomic E-state index is -3.74. The lowest BCUT2D eigenvalue weighted by atomic mass is 9.99. The van der Waals surface area contributed by atoms with Gasteiger partial charge in [-0.2, -0.15) is 13.8 Å². The number of nitrogens with zero attached hydrogens (tertiary/aromatic N) is 5. The molecule has 0 spiro atoms. The highest BCUT2D eigenvalue weighted by atomic mass is 32.2. The van der Waals surface area contributed by atoms with Gasteiger partial charge in [0.15, 0.2) is 5.82 Å². The molecule has 28 heavy (non-hydrogen) atoms. The predicted octanol–water partition coefficient (Wildman–Crippen LogP) is 0.799. The number of tetrazole rings is 1. The Morgan fingerprint density at radius 3 is 2.32 bits per heavy atom. The Morgan fingerprint density at radius 2 is 1.75 bits per heavy atom. The van der Waals surface area contributed by atoms with Crippen molar-refractivity contribution in [2.24, 2.45) is 0 Å². The number of H-pyrrole nitrogens is 1. The summed E-state index contributed by atoms with van der Waals surface area (Å²) in [6, 6.07) is 5.40. The molecule has 0 radical (unpaired) electrons. The van der Waals surface area contributed by atoms with E-state index < -0.39 is 20.0 Å². The second-order valence-corrected chi connectivity index (χ2v) is 10.4. The van der Waals surface area contributed by atoms with Gasteiger partial charge in [0.25, 0.3) is 0 Å². The molecule has 0 amide bonds. The van der Waals surface area contributed by atoms with Crippen LogP contribution in [0.2, 0.25) is 0 Å². The summed E-state index contributed by atoms with van der Waals surface area (Å²) in [5.74, 6) is 0.380. The molecule has 1 atom stereocenters. The summed E-state index contributed by atoms with van der Waals surface area (Å²) < 4.78 is 53.9. The third-order valence-electron chi connectivity index (χ3n) is 4.92. The molecule has 1 N–H and O–H groups in total. The van der Waals surface area contributed by atoms with E-state index in [1.54, 1.807) is 13.8 Å². The first kappa shape index (κ1) is 20.8. The average Bonchev–Trinajstić information content (AvgIpc) is 3.24. The van der Waals surface area contributed by atoms with E-state index in [0.29, 0.717) is 31.9 Å². The van der Waals surface area contributed by atoms with Gasteiger partial charge >= 0.3 is 0 Å². The molecule has 3 rings (SSSR count). The Morgan fingerprint density at radius 1 is 1.11 bits per heavy atom. The summed E-state index contributed by atoms with van der Waals surface area (Å²) >= 11 is 0. The van der Waals surface area contributed by atoms with Crippen LogP contribution in [0.25, 0.3) is 0 Å². The van der Waals surface area contributed by atoms with E-state index in [2.05, 4.69) is 20.6 Å². The van der Waals surface area contributed by atoms with Crippen molar-refractivity contribution in [1.82, 2.24) is 29.2 Å². The van der Waals surface area contributed by atoms with Crippen molar-refractivity contribution in [3.8, 4) is 0 Å². The van der Waals surface area contributed by atoms with Crippen LogP contribution in [-0.4, -0.2) is 72.2 Å². The standard InChI is InChI=1S/C16H24N6O4S2/c1-3-21(4-2)27(23,24)14-7-9-15(10-8-14)28(25,26)22-11-5-6-13(12-22)16-17-19-20-18-16/h7-10,13H,3-6,11-12H2,1-2H3,(H,17,18,19,20). The smallest absolute Gasteiger partial charge is 0.207 e. The lowest BCUT2D eigenvalue weighted by Crippen LogP contribution is -2.39. The SMILES string of the molecule is CCN(CC)S(=O)(=O)c1ccc(S(=O)(=O)N2CCCC(c3nn[nH]n3)C2)cc1. The van der Waals surface area contributed by atoms with E-state index in [1.807, 2.05) is 0 Å². The summed E-state index contributed by atoms with van der Waals surface area (Å²) in [6.07, 6.45) is 1.47. The number of aromatic amines is 1. The van der Waals surface area contributed by atoms with Gasteiger partial charge in [0.1, 0.15) is 0 Å². The largest absolute Gasteiger partial charge is 0.243 e. The minimum absolute atomic E-state index is 0.0692. The summed E-state index contributed by atoms with van der Waals surface area (Å²) in [5, 5.41) is 13.9. The quantitative estimate of drug-likeness (QED) is 0.690. The molecule has 0 aliphatic carbocycles. The van der Waals surface area contributed by atoms with Crippen molar-refractivity contribution < 1.29 is 16.8 Å². The van der Waals surface area contributed by atoms with Crippen molar-refractivity contribution in [3.63, 3.8) is 0 Å². The first-order valence-electron chi connectivity index (χ1n) is 9.14. The molecule has 1 saturated heterocycles. The monoisotopic (exact) mass is 428 g/mol. The topological polar surface area (TPSA) is 129 Å². The third kappa shape index (κ3) is 3.95. The first-order valence-corrected chi connectivity index (χ1v) is 12.0. The normalized spacial score (nSPS) is 19.2. The van der Waals surface area contributed by atoms with E-state index in [4.69, 9.17) is 0 Å². The lowest BCUT2D eigenvalue weighted by Gasteiger charge is -2.30. The van der Waals surface area contributed by atoms with E-state index in [9.17, 15) is 16.8 Å². The molecule has 1 aliphatic heterocycles. The van der Waals surface area contributed by atoms with Crippen molar-refractivity contribution in [1.29, 1.82) is 0 Å². The molecule has 1 fully saturated rings.